The van der Waals surface area contributed by atoms with E-state index in [1.54, 1.807) is 0 Å². The third-order valence-electron chi connectivity index (χ3n) is 3.49. The fraction of sp³-hybridized carbons (Fsp3) is 0.368. The molecular formula is C19H25NO2. The van der Waals surface area contributed by atoms with Crippen LogP contribution >= 0.6 is 0 Å². The highest BCUT2D eigenvalue weighted by atomic mass is 16.5. The first kappa shape index (κ1) is 16.2. The lowest BCUT2D eigenvalue weighted by Gasteiger charge is -2.20. The highest BCUT2D eigenvalue weighted by molar-refractivity contribution is 5.56. The lowest BCUT2D eigenvalue weighted by Crippen LogP contribution is -2.23. The zero-order chi connectivity index (χ0) is 15.9. The Balaban J connectivity index is 1.97. The molecule has 2 aromatic rings. The van der Waals surface area contributed by atoms with E-state index in [1.165, 1.54) is 11.1 Å². The summed E-state index contributed by atoms with van der Waals surface area (Å²) in [4.78, 5) is 0. The summed E-state index contributed by atoms with van der Waals surface area (Å²) in [6.45, 7) is 9.59. The van der Waals surface area contributed by atoms with Crippen LogP contribution in [0.2, 0.25) is 0 Å². The van der Waals surface area contributed by atoms with Crippen molar-refractivity contribution in [1.82, 2.24) is 0 Å². The number of nitrogens with one attached hydrogen (secondary N) is 1. The summed E-state index contributed by atoms with van der Waals surface area (Å²) in [5, 5.41) is 3.41. The van der Waals surface area contributed by atoms with Crippen LogP contribution in [0.15, 0.2) is 42.5 Å². The maximum atomic E-state index is 6.09. The lowest BCUT2D eigenvalue weighted by molar-refractivity contribution is 0.231. The van der Waals surface area contributed by atoms with Gasteiger partial charge in [-0.2, -0.15) is 0 Å². The van der Waals surface area contributed by atoms with Crippen LogP contribution in [-0.2, 0) is 0 Å². The summed E-state index contributed by atoms with van der Waals surface area (Å²) in [5.74, 6) is 1.86. The highest BCUT2D eigenvalue weighted by Gasteiger charge is 2.10. The molecule has 0 aliphatic rings. The number of para-hydroxylation sites is 3. The number of benzene rings is 2. The van der Waals surface area contributed by atoms with Crippen LogP contribution in [0.4, 0.5) is 5.69 Å². The Morgan fingerprint density at radius 2 is 1.68 bits per heavy atom. The molecule has 0 aromatic heterocycles. The molecule has 0 aliphatic carbocycles. The molecule has 0 spiro atoms. The Morgan fingerprint density at radius 3 is 2.36 bits per heavy atom. The average Bonchev–Trinajstić information content (AvgIpc) is 2.50. The van der Waals surface area contributed by atoms with Crippen molar-refractivity contribution < 1.29 is 9.47 Å². The van der Waals surface area contributed by atoms with Gasteiger partial charge in [-0.3, -0.25) is 0 Å². The summed E-state index contributed by atoms with van der Waals surface area (Å²) >= 11 is 0. The second kappa shape index (κ2) is 7.74. The number of hydrogen-bond donors (Lipinski definition) is 1. The minimum atomic E-state index is 0.0643. The van der Waals surface area contributed by atoms with Crippen LogP contribution in [-0.4, -0.2) is 19.3 Å². The topological polar surface area (TPSA) is 30.5 Å². The van der Waals surface area contributed by atoms with Crippen LogP contribution < -0.4 is 14.8 Å². The van der Waals surface area contributed by atoms with Gasteiger partial charge in [-0.15, -0.1) is 0 Å². The molecule has 0 saturated heterocycles. The van der Waals surface area contributed by atoms with Crippen molar-refractivity contribution in [2.24, 2.45) is 0 Å². The van der Waals surface area contributed by atoms with E-state index in [1.807, 2.05) is 31.2 Å². The molecule has 2 aromatic carbocycles. The van der Waals surface area contributed by atoms with Crippen LogP contribution in [0, 0.1) is 13.8 Å². The SMILES string of the molecule is CCOc1ccccc1NCC(C)Oc1c(C)cccc1C. The van der Waals surface area contributed by atoms with E-state index < -0.39 is 0 Å². The highest BCUT2D eigenvalue weighted by Crippen LogP contribution is 2.25. The van der Waals surface area contributed by atoms with Crippen molar-refractivity contribution in [3.05, 3.63) is 53.6 Å². The molecule has 1 atom stereocenters. The third-order valence-corrected chi connectivity index (χ3v) is 3.49. The number of anilines is 1. The summed E-state index contributed by atoms with van der Waals surface area (Å²) in [7, 11) is 0. The van der Waals surface area contributed by atoms with Gasteiger partial charge in [0.25, 0.3) is 0 Å². The molecule has 2 rings (SSSR count). The second-order valence-electron chi connectivity index (χ2n) is 5.46. The van der Waals surface area contributed by atoms with Crippen molar-refractivity contribution in [3.63, 3.8) is 0 Å². The van der Waals surface area contributed by atoms with Crippen molar-refractivity contribution >= 4 is 5.69 Å². The first-order valence-electron chi connectivity index (χ1n) is 7.80. The molecule has 0 amide bonds. The molecule has 118 valence electrons. The smallest absolute Gasteiger partial charge is 0.142 e. The Bertz CT molecular complexity index is 590. The maximum Gasteiger partial charge on any atom is 0.142 e. The van der Waals surface area contributed by atoms with Gasteiger partial charge in [0.2, 0.25) is 0 Å². The molecule has 0 bridgehead atoms. The van der Waals surface area contributed by atoms with E-state index in [4.69, 9.17) is 9.47 Å². The summed E-state index contributed by atoms with van der Waals surface area (Å²) < 4.78 is 11.7. The van der Waals surface area contributed by atoms with Crippen molar-refractivity contribution in [2.75, 3.05) is 18.5 Å². The molecule has 0 heterocycles. The first-order chi connectivity index (χ1) is 10.6. The fourth-order valence-electron chi connectivity index (χ4n) is 2.38. The Morgan fingerprint density at radius 1 is 1.00 bits per heavy atom. The minimum Gasteiger partial charge on any atom is -0.492 e. The number of aryl methyl sites for hydroxylation is 2. The summed E-state index contributed by atoms with van der Waals surface area (Å²) in [5.41, 5.74) is 3.34. The zero-order valence-electron chi connectivity index (χ0n) is 13.8. The van der Waals surface area contributed by atoms with Gasteiger partial charge in [0.05, 0.1) is 18.8 Å². The lowest BCUT2D eigenvalue weighted by atomic mass is 10.1. The Kier molecular flexibility index (Phi) is 5.70. The van der Waals surface area contributed by atoms with Gasteiger partial charge >= 0.3 is 0 Å². The molecule has 0 aliphatic heterocycles. The molecule has 3 nitrogen and oxygen atoms in total. The predicted molar refractivity (Wildman–Crippen MR) is 92.1 cm³/mol. The van der Waals surface area contributed by atoms with Crippen LogP contribution in [0.1, 0.15) is 25.0 Å². The summed E-state index contributed by atoms with van der Waals surface area (Å²) in [6, 6.07) is 14.2. The summed E-state index contributed by atoms with van der Waals surface area (Å²) in [6.07, 6.45) is 0.0643. The maximum absolute atomic E-state index is 6.09. The average molecular weight is 299 g/mol. The van der Waals surface area contributed by atoms with Gasteiger partial charge in [0.15, 0.2) is 0 Å². The van der Waals surface area contributed by atoms with E-state index in [0.717, 1.165) is 23.7 Å². The van der Waals surface area contributed by atoms with Gasteiger partial charge in [-0.05, 0) is 51.0 Å². The quantitative estimate of drug-likeness (QED) is 0.811. The van der Waals surface area contributed by atoms with Crippen molar-refractivity contribution in [1.29, 1.82) is 0 Å². The van der Waals surface area contributed by atoms with E-state index in [2.05, 4.69) is 44.3 Å². The number of ether oxygens (including phenoxy) is 2. The molecule has 1 unspecified atom stereocenters. The van der Waals surface area contributed by atoms with Crippen LogP contribution in [0.3, 0.4) is 0 Å². The monoisotopic (exact) mass is 299 g/mol. The minimum absolute atomic E-state index is 0.0643. The van der Waals surface area contributed by atoms with E-state index in [0.29, 0.717) is 6.61 Å². The molecule has 0 fully saturated rings. The molecule has 22 heavy (non-hydrogen) atoms. The molecule has 0 radical (unpaired) electrons. The second-order valence-corrected chi connectivity index (χ2v) is 5.46. The third kappa shape index (κ3) is 4.17. The molecular weight excluding hydrogens is 274 g/mol. The number of rotatable bonds is 7. The van der Waals surface area contributed by atoms with E-state index >= 15 is 0 Å². The van der Waals surface area contributed by atoms with Gasteiger partial charge in [0, 0.05) is 0 Å². The predicted octanol–water partition coefficient (Wildman–Crippen LogP) is 4.58. The standard InChI is InChI=1S/C19H25NO2/c1-5-21-18-12-7-6-11-17(18)20-13-16(4)22-19-14(2)9-8-10-15(19)3/h6-12,16,20H,5,13H2,1-4H3. The first-order valence-corrected chi connectivity index (χ1v) is 7.80. The Labute approximate surface area is 133 Å². The molecule has 0 saturated carbocycles. The van der Waals surface area contributed by atoms with Gasteiger partial charge in [-0.25, -0.2) is 0 Å². The van der Waals surface area contributed by atoms with Gasteiger partial charge in [0.1, 0.15) is 17.6 Å². The van der Waals surface area contributed by atoms with Gasteiger partial charge < -0.3 is 14.8 Å². The largest absolute Gasteiger partial charge is 0.492 e. The molecule has 1 N–H and O–H groups in total. The normalized spacial score (nSPS) is 11.8. The van der Waals surface area contributed by atoms with Crippen molar-refractivity contribution in [2.45, 2.75) is 33.8 Å². The molecule has 3 heteroatoms. The Hall–Kier alpha value is -2.16. The van der Waals surface area contributed by atoms with Gasteiger partial charge in [-0.1, -0.05) is 30.3 Å². The van der Waals surface area contributed by atoms with Crippen molar-refractivity contribution in [3.8, 4) is 11.5 Å². The van der Waals surface area contributed by atoms with E-state index in [9.17, 15) is 0 Å². The number of hydrogen-bond acceptors (Lipinski definition) is 3. The van der Waals surface area contributed by atoms with E-state index in [-0.39, 0.29) is 6.10 Å². The zero-order valence-corrected chi connectivity index (χ0v) is 13.8. The van der Waals surface area contributed by atoms with Crippen LogP contribution in [0.5, 0.6) is 11.5 Å². The fourth-order valence-corrected chi connectivity index (χ4v) is 2.38. The van der Waals surface area contributed by atoms with Crippen LogP contribution in [0.25, 0.3) is 0 Å².